The molecule has 1 heterocycles. The van der Waals surface area contributed by atoms with Gasteiger partial charge in [-0.2, -0.15) is 0 Å². The van der Waals surface area contributed by atoms with E-state index >= 15 is 0 Å². The fourth-order valence-corrected chi connectivity index (χ4v) is 2.67. The number of carbonyl (C=O) groups excluding carboxylic acids is 1. The van der Waals surface area contributed by atoms with E-state index in [2.05, 4.69) is 0 Å². The number of esters is 1. The Bertz CT molecular complexity index is 381. The first-order valence-corrected chi connectivity index (χ1v) is 5.66. The molecular weight excluding hydrogens is 215 g/mol. The van der Waals surface area contributed by atoms with Gasteiger partial charge in [-0.3, -0.25) is 4.79 Å². The first kappa shape index (κ1) is 10.5. The lowest BCUT2D eigenvalue weighted by molar-refractivity contribution is -0.140. The van der Waals surface area contributed by atoms with Gasteiger partial charge in [-0.25, -0.2) is 4.39 Å². The molecule has 80 valence electrons. The van der Waals surface area contributed by atoms with E-state index in [0.717, 1.165) is 0 Å². The number of hydrogen-bond acceptors (Lipinski definition) is 3. The summed E-state index contributed by atoms with van der Waals surface area (Å²) >= 11 is 1.24. The molecule has 0 spiro atoms. The monoisotopic (exact) mass is 226 g/mol. The van der Waals surface area contributed by atoms with Crippen LogP contribution < -0.4 is 0 Å². The molecule has 0 saturated carbocycles. The van der Waals surface area contributed by atoms with Gasteiger partial charge in [0.25, 0.3) is 0 Å². The molecule has 15 heavy (non-hydrogen) atoms. The van der Waals surface area contributed by atoms with Crippen molar-refractivity contribution in [2.75, 3.05) is 0 Å². The third-order valence-electron chi connectivity index (χ3n) is 2.23. The van der Waals surface area contributed by atoms with Crippen LogP contribution in [0.3, 0.4) is 0 Å². The molecular formula is C11H11FO2S. The molecule has 1 aliphatic rings. The highest BCUT2D eigenvalue weighted by Gasteiger charge is 2.32. The Labute approximate surface area is 91.8 Å². The summed E-state index contributed by atoms with van der Waals surface area (Å²) in [6.07, 6.45) is 0.597. The zero-order chi connectivity index (χ0) is 10.8. The van der Waals surface area contributed by atoms with Crippen LogP contribution in [0.4, 0.5) is 4.39 Å². The van der Waals surface area contributed by atoms with E-state index in [4.69, 9.17) is 4.74 Å². The Morgan fingerprint density at radius 2 is 2.20 bits per heavy atom. The summed E-state index contributed by atoms with van der Waals surface area (Å²) < 4.78 is 18.3. The molecule has 1 saturated heterocycles. The average molecular weight is 226 g/mol. The van der Waals surface area contributed by atoms with Gasteiger partial charge in [-0.1, -0.05) is 12.1 Å². The van der Waals surface area contributed by atoms with Gasteiger partial charge in [0.05, 0.1) is 0 Å². The molecule has 1 aromatic rings. The molecule has 0 unspecified atom stereocenters. The average Bonchev–Trinajstić information content (AvgIpc) is 2.49. The lowest BCUT2D eigenvalue weighted by Gasteiger charge is -2.05. The number of benzene rings is 1. The molecule has 0 N–H and O–H groups in total. The van der Waals surface area contributed by atoms with Crippen molar-refractivity contribution in [2.45, 2.75) is 29.6 Å². The largest absolute Gasteiger partial charge is 0.462 e. The molecule has 0 aliphatic carbocycles. The fraction of sp³-hybridized carbons (Fsp3) is 0.364. The normalized spacial score (nSPS) is 25.3. The van der Waals surface area contributed by atoms with Gasteiger partial charge >= 0.3 is 5.97 Å². The highest BCUT2D eigenvalue weighted by atomic mass is 32.2. The molecule has 2 atom stereocenters. The number of carbonyl (C=O) groups is 1. The van der Waals surface area contributed by atoms with Gasteiger partial charge in [0.2, 0.25) is 0 Å². The van der Waals surface area contributed by atoms with Crippen LogP contribution in [0, 0.1) is 5.82 Å². The molecule has 0 aromatic heterocycles. The fourth-order valence-electron chi connectivity index (χ4n) is 1.51. The van der Waals surface area contributed by atoms with Gasteiger partial charge < -0.3 is 4.74 Å². The zero-order valence-electron chi connectivity index (χ0n) is 8.27. The van der Waals surface area contributed by atoms with E-state index in [0.29, 0.717) is 11.3 Å². The van der Waals surface area contributed by atoms with Crippen molar-refractivity contribution in [1.29, 1.82) is 0 Å². The van der Waals surface area contributed by atoms with Gasteiger partial charge in [-0.15, -0.1) is 11.8 Å². The zero-order valence-corrected chi connectivity index (χ0v) is 9.09. The Morgan fingerprint density at radius 3 is 2.80 bits per heavy atom. The Balaban J connectivity index is 2.09. The van der Waals surface area contributed by atoms with Crippen molar-refractivity contribution >= 4 is 17.7 Å². The summed E-state index contributed by atoms with van der Waals surface area (Å²) in [5.41, 5.74) is 0. The second kappa shape index (κ2) is 4.23. The van der Waals surface area contributed by atoms with E-state index in [-0.39, 0.29) is 23.1 Å². The van der Waals surface area contributed by atoms with E-state index in [1.54, 1.807) is 18.2 Å². The predicted octanol–water partition coefficient (Wildman–Crippen LogP) is 2.62. The summed E-state index contributed by atoms with van der Waals surface area (Å²) in [4.78, 5) is 11.8. The Hall–Kier alpha value is -1.03. The van der Waals surface area contributed by atoms with Gasteiger partial charge in [0.1, 0.15) is 17.2 Å². The molecule has 0 amide bonds. The Kier molecular flexibility index (Phi) is 2.95. The molecule has 0 bridgehead atoms. The molecule has 4 heteroatoms. The number of thioether (sulfide) groups is 1. The molecule has 2 nitrogen and oxygen atoms in total. The van der Waals surface area contributed by atoms with Crippen molar-refractivity contribution in [1.82, 2.24) is 0 Å². The Morgan fingerprint density at radius 1 is 1.47 bits per heavy atom. The first-order chi connectivity index (χ1) is 7.16. The molecule has 0 radical (unpaired) electrons. The maximum absolute atomic E-state index is 13.3. The minimum atomic E-state index is -0.283. The maximum Gasteiger partial charge on any atom is 0.319 e. The lowest BCUT2D eigenvalue weighted by Crippen LogP contribution is -2.09. The highest BCUT2D eigenvalue weighted by molar-refractivity contribution is 8.00. The summed E-state index contributed by atoms with van der Waals surface area (Å²) in [6, 6.07) is 6.46. The molecule has 2 rings (SSSR count). The van der Waals surface area contributed by atoms with Crippen LogP contribution in [-0.2, 0) is 9.53 Å². The van der Waals surface area contributed by atoms with Gasteiger partial charge in [0, 0.05) is 11.3 Å². The summed E-state index contributed by atoms with van der Waals surface area (Å²) in [5.74, 6) is -0.523. The van der Waals surface area contributed by atoms with Gasteiger partial charge in [0.15, 0.2) is 0 Å². The number of hydrogen-bond donors (Lipinski definition) is 0. The second-order valence-corrected chi connectivity index (χ2v) is 4.76. The van der Waals surface area contributed by atoms with Crippen LogP contribution in [0.2, 0.25) is 0 Å². The van der Waals surface area contributed by atoms with Gasteiger partial charge in [-0.05, 0) is 19.1 Å². The van der Waals surface area contributed by atoms with Crippen LogP contribution in [0.25, 0.3) is 0 Å². The minimum Gasteiger partial charge on any atom is -0.462 e. The smallest absolute Gasteiger partial charge is 0.319 e. The standard InChI is InChI=1S/C11H11FO2S/c1-7-6-10(11(13)14-7)15-9-5-3-2-4-8(9)12/h2-5,7,10H,6H2,1H3/t7-,10-/m1/s1. The molecule has 1 aliphatic heterocycles. The highest BCUT2D eigenvalue weighted by Crippen LogP contribution is 2.33. The summed E-state index contributed by atoms with van der Waals surface area (Å²) in [7, 11) is 0. The maximum atomic E-state index is 13.3. The number of ether oxygens (including phenoxy) is 1. The minimum absolute atomic E-state index is 0.0539. The predicted molar refractivity (Wildman–Crippen MR) is 56.2 cm³/mol. The van der Waals surface area contributed by atoms with Crippen molar-refractivity contribution in [2.24, 2.45) is 0 Å². The SMILES string of the molecule is C[C@@H]1C[C@@H](Sc2ccccc2F)C(=O)O1. The van der Waals surface area contributed by atoms with Crippen LogP contribution in [0.15, 0.2) is 29.2 Å². The van der Waals surface area contributed by atoms with Crippen LogP contribution in [0.1, 0.15) is 13.3 Å². The van der Waals surface area contributed by atoms with E-state index in [9.17, 15) is 9.18 Å². The van der Waals surface area contributed by atoms with Crippen LogP contribution >= 0.6 is 11.8 Å². The number of halogens is 1. The summed E-state index contributed by atoms with van der Waals surface area (Å²) in [5, 5.41) is -0.267. The second-order valence-electron chi connectivity index (χ2n) is 3.52. The third kappa shape index (κ3) is 2.31. The van der Waals surface area contributed by atoms with E-state index < -0.39 is 0 Å². The first-order valence-electron chi connectivity index (χ1n) is 4.78. The van der Waals surface area contributed by atoms with E-state index in [1.807, 2.05) is 6.92 Å². The molecule has 1 fully saturated rings. The van der Waals surface area contributed by atoms with E-state index in [1.165, 1.54) is 17.8 Å². The third-order valence-corrected chi connectivity index (χ3v) is 3.49. The van der Waals surface area contributed by atoms with Crippen molar-refractivity contribution < 1.29 is 13.9 Å². The number of rotatable bonds is 2. The number of cyclic esters (lactones) is 1. The quantitative estimate of drug-likeness (QED) is 0.725. The van der Waals surface area contributed by atoms with Crippen molar-refractivity contribution in [3.63, 3.8) is 0 Å². The lowest BCUT2D eigenvalue weighted by atomic mass is 10.3. The molecule has 1 aromatic carbocycles. The van der Waals surface area contributed by atoms with Crippen LogP contribution in [0.5, 0.6) is 0 Å². The van der Waals surface area contributed by atoms with Crippen LogP contribution in [-0.4, -0.2) is 17.3 Å². The van der Waals surface area contributed by atoms with Crippen molar-refractivity contribution in [3.05, 3.63) is 30.1 Å². The van der Waals surface area contributed by atoms with Crippen molar-refractivity contribution in [3.8, 4) is 0 Å². The summed E-state index contributed by atoms with van der Waals surface area (Å²) in [6.45, 7) is 1.85. The topological polar surface area (TPSA) is 26.3 Å².